The maximum absolute atomic E-state index is 10.4. The molecule has 0 heterocycles. The molecule has 0 amide bonds. The van der Waals surface area contributed by atoms with Crippen LogP contribution in [0.1, 0.15) is 47.9 Å². The first-order chi connectivity index (χ1) is 8.00. The van der Waals surface area contributed by atoms with Gasteiger partial charge < -0.3 is 5.11 Å². The molecule has 0 unspecified atom stereocenters. The number of carboxylic acid groups (broad SMARTS) is 1. The first kappa shape index (κ1) is 13.8. The van der Waals surface area contributed by atoms with Crippen LogP contribution in [-0.2, 0) is 11.2 Å². The molecule has 0 radical (unpaired) electrons. The van der Waals surface area contributed by atoms with Crippen molar-refractivity contribution in [2.24, 2.45) is 0 Å². The van der Waals surface area contributed by atoms with Gasteiger partial charge in [0.15, 0.2) is 0 Å². The van der Waals surface area contributed by atoms with E-state index >= 15 is 0 Å². The standard InChI is InChI=1S/C15H22O2/c1-11-9-13(3)14(10-12(11)2)7-5-4-6-8-15(16)17/h9-10H,4-8H2,1-3H3,(H,16,17). The number of hydrogen-bond acceptors (Lipinski definition) is 1. The average Bonchev–Trinajstić information content (AvgIpc) is 2.24. The number of unbranched alkanes of at least 4 members (excludes halogenated alkanes) is 2. The summed E-state index contributed by atoms with van der Waals surface area (Å²) in [7, 11) is 0. The summed E-state index contributed by atoms with van der Waals surface area (Å²) in [6.45, 7) is 6.43. The molecule has 0 bridgehead atoms. The minimum atomic E-state index is -0.688. The van der Waals surface area contributed by atoms with E-state index in [4.69, 9.17) is 5.11 Å². The van der Waals surface area contributed by atoms with Gasteiger partial charge in [0.1, 0.15) is 0 Å². The minimum Gasteiger partial charge on any atom is -0.481 e. The van der Waals surface area contributed by atoms with E-state index in [1.807, 2.05) is 0 Å². The van der Waals surface area contributed by atoms with Crippen LogP contribution in [0.4, 0.5) is 0 Å². The van der Waals surface area contributed by atoms with Gasteiger partial charge >= 0.3 is 5.97 Å². The summed E-state index contributed by atoms with van der Waals surface area (Å²) in [5, 5.41) is 8.54. The molecule has 0 saturated carbocycles. The van der Waals surface area contributed by atoms with Crippen molar-refractivity contribution in [1.82, 2.24) is 0 Å². The molecule has 2 heteroatoms. The van der Waals surface area contributed by atoms with Crippen LogP contribution in [0, 0.1) is 20.8 Å². The molecule has 0 aromatic heterocycles. The molecule has 0 fully saturated rings. The van der Waals surface area contributed by atoms with E-state index in [1.165, 1.54) is 22.3 Å². The van der Waals surface area contributed by atoms with Crippen molar-refractivity contribution >= 4 is 5.97 Å². The molecule has 1 rings (SSSR count). The van der Waals surface area contributed by atoms with E-state index in [2.05, 4.69) is 32.9 Å². The first-order valence-electron chi connectivity index (χ1n) is 6.29. The zero-order valence-electron chi connectivity index (χ0n) is 11.0. The number of hydrogen-bond donors (Lipinski definition) is 1. The van der Waals surface area contributed by atoms with Gasteiger partial charge in [-0.15, -0.1) is 0 Å². The highest BCUT2D eigenvalue weighted by molar-refractivity contribution is 5.66. The highest BCUT2D eigenvalue weighted by Crippen LogP contribution is 2.17. The van der Waals surface area contributed by atoms with Crippen LogP contribution >= 0.6 is 0 Å². The normalized spacial score (nSPS) is 10.5. The number of carboxylic acids is 1. The van der Waals surface area contributed by atoms with Gasteiger partial charge in [0.2, 0.25) is 0 Å². The summed E-state index contributed by atoms with van der Waals surface area (Å²) in [5.74, 6) is -0.688. The summed E-state index contributed by atoms with van der Waals surface area (Å²) >= 11 is 0. The zero-order valence-corrected chi connectivity index (χ0v) is 11.0. The van der Waals surface area contributed by atoms with Gasteiger partial charge in [0.05, 0.1) is 0 Å². The summed E-state index contributed by atoms with van der Waals surface area (Å²) in [4.78, 5) is 10.4. The summed E-state index contributed by atoms with van der Waals surface area (Å²) < 4.78 is 0. The van der Waals surface area contributed by atoms with E-state index in [0.29, 0.717) is 6.42 Å². The Hall–Kier alpha value is -1.31. The zero-order chi connectivity index (χ0) is 12.8. The second-order valence-corrected chi connectivity index (χ2v) is 4.82. The molecule has 1 N–H and O–H groups in total. The van der Waals surface area contributed by atoms with Gasteiger partial charge in [0, 0.05) is 6.42 Å². The Bertz CT molecular complexity index is 394. The predicted octanol–water partition coefficient (Wildman–Crippen LogP) is 3.80. The lowest BCUT2D eigenvalue weighted by atomic mass is 9.97. The SMILES string of the molecule is Cc1cc(C)c(CCCCCC(=O)O)cc1C. The van der Waals surface area contributed by atoms with Crippen molar-refractivity contribution in [3.8, 4) is 0 Å². The molecular weight excluding hydrogens is 212 g/mol. The second kappa shape index (κ2) is 6.43. The van der Waals surface area contributed by atoms with E-state index in [1.54, 1.807) is 0 Å². The Morgan fingerprint density at radius 2 is 1.65 bits per heavy atom. The Kier molecular flexibility index (Phi) is 5.20. The fraction of sp³-hybridized carbons (Fsp3) is 0.533. The quantitative estimate of drug-likeness (QED) is 0.760. The van der Waals surface area contributed by atoms with Crippen molar-refractivity contribution < 1.29 is 9.90 Å². The van der Waals surface area contributed by atoms with Gasteiger partial charge in [-0.05, 0) is 62.3 Å². The van der Waals surface area contributed by atoms with E-state index < -0.39 is 5.97 Å². The Morgan fingerprint density at radius 3 is 2.29 bits per heavy atom. The molecule has 0 aliphatic rings. The smallest absolute Gasteiger partial charge is 0.303 e. The summed E-state index contributed by atoms with van der Waals surface area (Å²) in [6, 6.07) is 4.50. The molecule has 0 atom stereocenters. The average molecular weight is 234 g/mol. The van der Waals surface area contributed by atoms with Gasteiger partial charge in [-0.25, -0.2) is 0 Å². The monoisotopic (exact) mass is 234 g/mol. The van der Waals surface area contributed by atoms with Gasteiger partial charge in [-0.2, -0.15) is 0 Å². The molecule has 1 aromatic carbocycles. The lowest BCUT2D eigenvalue weighted by molar-refractivity contribution is -0.137. The van der Waals surface area contributed by atoms with Crippen molar-refractivity contribution in [1.29, 1.82) is 0 Å². The second-order valence-electron chi connectivity index (χ2n) is 4.82. The van der Waals surface area contributed by atoms with Crippen LogP contribution in [0.25, 0.3) is 0 Å². The van der Waals surface area contributed by atoms with E-state index in [-0.39, 0.29) is 0 Å². The first-order valence-corrected chi connectivity index (χ1v) is 6.29. The van der Waals surface area contributed by atoms with Crippen molar-refractivity contribution in [2.75, 3.05) is 0 Å². The molecule has 0 spiro atoms. The third-order valence-electron chi connectivity index (χ3n) is 3.29. The molecule has 0 saturated heterocycles. The largest absolute Gasteiger partial charge is 0.481 e. The third-order valence-corrected chi connectivity index (χ3v) is 3.29. The highest BCUT2D eigenvalue weighted by Gasteiger charge is 2.02. The van der Waals surface area contributed by atoms with Gasteiger partial charge in [0.25, 0.3) is 0 Å². The highest BCUT2D eigenvalue weighted by atomic mass is 16.4. The Balaban J connectivity index is 2.41. The van der Waals surface area contributed by atoms with Crippen molar-refractivity contribution in [3.05, 3.63) is 34.4 Å². The molecule has 0 aliphatic heterocycles. The lowest BCUT2D eigenvalue weighted by Gasteiger charge is -2.09. The number of carbonyl (C=O) groups is 1. The fourth-order valence-electron chi connectivity index (χ4n) is 2.06. The Labute approximate surface area is 104 Å². The molecule has 1 aromatic rings. The van der Waals surface area contributed by atoms with E-state index in [9.17, 15) is 4.79 Å². The molecular formula is C15H22O2. The van der Waals surface area contributed by atoms with Crippen LogP contribution in [0.2, 0.25) is 0 Å². The molecule has 2 nitrogen and oxygen atoms in total. The number of rotatable bonds is 6. The number of benzene rings is 1. The fourth-order valence-corrected chi connectivity index (χ4v) is 2.06. The maximum atomic E-state index is 10.4. The third kappa shape index (κ3) is 4.59. The van der Waals surface area contributed by atoms with Crippen molar-refractivity contribution in [2.45, 2.75) is 52.9 Å². The minimum absolute atomic E-state index is 0.298. The predicted molar refractivity (Wildman–Crippen MR) is 70.5 cm³/mol. The summed E-state index contributed by atoms with van der Waals surface area (Å²) in [5.41, 5.74) is 5.45. The van der Waals surface area contributed by atoms with Crippen LogP contribution in [0.15, 0.2) is 12.1 Å². The maximum Gasteiger partial charge on any atom is 0.303 e. The van der Waals surface area contributed by atoms with Crippen LogP contribution in [0.5, 0.6) is 0 Å². The van der Waals surface area contributed by atoms with Crippen LogP contribution < -0.4 is 0 Å². The lowest BCUT2D eigenvalue weighted by Crippen LogP contribution is -1.96. The van der Waals surface area contributed by atoms with Gasteiger partial charge in [-0.1, -0.05) is 18.6 Å². The van der Waals surface area contributed by atoms with Crippen molar-refractivity contribution in [3.63, 3.8) is 0 Å². The van der Waals surface area contributed by atoms with Crippen LogP contribution in [0.3, 0.4) is 0 Å². The topological polar surface area (TPSA) is 37.3 Å². The molecule has 0 aliphatic carbocycles. The number of aryl methyl sites for hydroxylation is 4. The molecule has 94 valence electrons. The Morgan fingerprint density at radius 1 is 1.00 bits per heavy atom. The summed E-state index contributed by atoms with van der Waals surface area (Å²) in [6.07, 6.45) is 4.23. The van der Waals surface area contributed by atoms with Crippen LogP contribution in [-0.4, -0.2) is 11.1 Å². The van der Waals surface area contributed by atoms with E-state index in [0.717, 1.165) is 25.7 Å². The number of aliphatic carboxylic acids is 1. The molecule has 17 heavy (non-hydrogen) atoms. The van der Waals surface area contributed by atoms with Gasteiger partial charge in [-0.3, -0.25) is 4.79 Å².